The van der Waals surface area contributed by atoms with Crippen LogP contribution in [0.1, 0.15) is 25.0 Å². The monoisotopic (exact) mass is 191 g/mol. The summed E-state index contributed by atoms with van der Waals surface area (Å²) in [6, 6.07) is 2.09. The van der Waals surface area contributed by atoms with Gasteiger partial charge in [0.2, 0.25) is 0 Å². The van der Waals surface area contributed by atoms with Gasteiger partial charge in [0.15, 0.2) is 0 Å². The van der Waals surface area contributed by atoms with Gasteiger partial charge in [0.1, 0.15) is 11.5 Å². The number of H-pyrrole nitrogens is 1. The minimum Gasteiger partial charge on any atom is -0.385 e. The number of rotatable bonds is 0. The summed E-state index contributed by atoms with van der Waals surface area (Å²) < 4.78 is 0. The molecule has 0 amide bonds. The topological polar surface area (TPSA) is 54.7 Å². The normalized spacial score (nSPS) is 9.71. The van der Waals surface area contributed by atoms with Gasteiger partial charge >= 0.3 is 0 Å². The van der Waals surface area contributed by atoms with Crippen molar-refractivity contribution in [2.75, 3.05) is 5.73 Å². The number of aromatic amines is 1. The number of nitrogens with one attached hydrogen (secondary N) is 1. The van der Waals surface area contributed by atoms with E-state index in [9.17, 15) is 0 Å². The van der Waals surface area contributed by atoms with Gasteiger partial charge in [-0.25, -0.2) is 4.98 Å². The number of nitrogen functional groups attached to an aromatic ring is 1. The van der Waals surface area contributed by atoms with E-state index in [-0.39, 0.29) is 0 Å². The van der Waals surface area contributed by atoms with Crippen LogP contribution in [-0.2, 0) is 0 Å². The van der Waals surface area contributed by atoms with Crippen LogP contribution in [0.4, 0.5) is 5.82 Å². The molecule has 0 aliphatic heterocycles. The molecule has 0 saturated heterocycles. The number of aryl methyl sites for hydroxylation is 2. The Morgan fingerprint density at radius 1 is 1.29 bits per heavy atom. The van der Waals surface area contributed by atoms with Gasteiger partial charge in [-0.3, -0.25) is 0 Å². The van der Waals surface area contributed by atoms with Crippen LogP contribution >= 0.6 is 0 Å². The van der Waals surface area contributed by atoms with Gasteiger partial charge < -0.3 is 10.7 Å². The van der Waals surface area contributed by atoms with Gasteiger partial charge in [-0.05, 0) is 25.5 Å². The summed E-state index contributed by atoms with van der Waals surface area (Å²) >= 11 is 0. The Balaban J connectivity index is 0.000000461. The van der Waals surface area contributed by atoms with E-state index in [1.165, 1.54) is 0 Å². The average Bonchev–Trinajstić information content (AvgIpc) is 2.48. The molecule has 14 heavy (non-hydrogen) atoms. The van der Waals surface area contributed by atoms with E-state index < -0.39 is 0 Å². The lowest BCUT2D eigenvalue weighted by molar-refractivity contribution is 1.29. The Kier molecular flexibility index (Phi) is 3.12. The number of anilines is 1. The van der Waals surface area contributed by atoms with E-state index in [2.05, 4.69) is 16.0 Å². The lowest BCUT2D eigenvalue weighted by Gasteiger charge is -1.92. The highest BCUT2D eigenvalue weighted by Gasteiger charge is 2.04. The molecule has 0 unspecified atom stereocenters. The number of aromatic nitrogens is 2. The predicted molar refractivity (Wildman–Crippen MR) is 61.3 cm³/mol. The van der Waals surface area contributed by atoms with E-state index in [0.29, 0.717) is 5.82 Å². The summed E-state index contributed by atoms with van der Waals surface area (Å²) in [5, 5.41) is 1.12. The molecule has 0 saturated carbocycles. The fourth-order valence-corrected chi connectivity index (χ4v) is 1.32. The molecule has 76 valence electrons. The Labute approximate surface area is 84.3 Å². The van der Waals surface area contributed by atoms with E-state index in [4.69, 9.17) is 5.73 Å². The third-order valence-corrected chi connectivity index (χ3v) is 2.09. The fourth-order valence-electron chi connectivity index (χ4n) is 1.32. The van der Waals surface area contributed by atoms with Crippen molar-refractivity contribution in [2.24, 2.45) is 0 Å². The molecule has 3 heteroatoms. The summed E-state index contributed by atoms with van der Waals surface area (Å²) in [5.41, 5.74) is 8.82. The zero-order chi connectivity index (χ0) is 10.7. The van der Waals surface area contributed by atoms with Crippen molar-refractivity contribution in [3.05, 3.63) is 23.4 Å². The first-order chi connectivity index (χ1) is 6.68. The third-order valence-electron chi connectivity index (χ3n) is 2.09. The minimum absolute atomic E-state index is 0.711. The first-order valence-electron chi connectivity index (χ1n) is 4.89. The molecule has 0 spiro atoms. The molecule has 0 bridgehead atoms. The zero-order valence-corrected chi connectivity index (χ0v) is 9.18. The standard InChI is InChI=1S/C9H11N3.C2H6/c1-5-3-7-6(2)8(10)12-9(7)11-4-5;1-2/h3-4H,10H2,1-2H3,(H,11,12);1-2H3. The molecule has 2 heterocycles. The summed E-state index contributed by atoms with van der Waals surface area (Å²) in [7, 11) is 0. The summed E-state index contributed by atoms with van der Waals surface area (Å²) in [5.74, 6) is 0.711. The summed E-state index contributed by atoms with van der Waals surface area (Å²) in [6.45, 7) is 8.02. The van der Waals surface area contributed by atoms with Crippen LogP contribution in [0.15, 0.2) is 12.3 Å². The summed E-state index contributed by atoms with van der Waals surface area (Å²) in [4.78, 5) is 7.25. The van der Waals surface area contributed by atoms with Crippen molar-refractivity contribution < 1.29 is 0 Å². The quantitative estimate of drug-likeness (QED) is 0.672. The third kappa shape index (κ3) is 1.71. The lowest BCUT2D eigenvalue weighted by atomic mass is 10.2. The number of hydrogen-bond donors (Lipinski definition) is 2. The molecular weight excluding hydrogens is 174 g/mol. The molecule has 2 aromatic rings. The van der Waals surface area contributed by atoms with Gasteiger partial charge in [0.05, 0.1) is 0 Å². The highest BCUT2D eigenvalue weighted by atomic mass is 14.9. The van der Waals surface area contributed by atoms with E-state index in [0.717, 1.165) is 22.2 Å². The van der Waals surface area contributed by atoms with Crippen LogP contribution in [0.25, 0.3) is 11.0 Å². The minimum atomic E-state index is 0.711. The lowest BCUT2D eigenvalue weighted by Crippen LogP contribution is -1.85. The van der Waals surface area contributed by atoms with Crippen LogP contribution in [0.5, 0.6) is 0 Å². The number of fused-ring (bicyclic) bond motifs is 1. The Morgan fingerprint density at radius 3 is 2.57 bits per heavy atom. The zero-order valence-electron chi connectivity index (χ0n) is 9.18. The van der Waals surface area contributed by atoms with Crippen LogP contribution in [0.3, 0.4) is 0 Å². The Morgan fingerprint density at radius 2 is 1.93 bits per heavy atom. The van der Waals surface area contributed by atoms with Crippen molar-refractivity contribution in [2.45, 2.75) is 27.7 Å². The maximum atomic E-state index is 5.71. The Hall–Kier alpha value is -1.51. The molecule has 0 aliphatic carbocycles. The fraction of sp³-hybridized carbons (Fsp3) is 0.364. The van der Waals surface area contributed by atoms with Crippen molar-refractivity contribution in [3.8, 4) is 0 Å². The number of nitrogens with two attached hydrogens (primary N) is 1. The first kappa shape index (κ1) is 10.6. The molecule has 0 atom stereocenters. The van der Waals surface area contributed by atoms with Crippen molar-refractivity contribution >= 4 is 16.9 Å². The molecule has 0 fully saturated rings. The van der Waals surface area contributed by atoms with E-state index in [1.54, 1.807) is 0 Å². The van der Waals surface area contributed by atoms with Crippen molar-refractivity contribution in [1.29, 1.82) is 0 Å². The van der Waals surface area contributed by atoms with Gasteiger partial charge in [0.25, 0.3) is 0 Å². The maximum absolute atomic E-state index is 5.71. The molecule has 2 aromatic heterocycles. The predicted octanol–water partition coefficient (Wildman–Crippen LogP) is 2.79. The average molecular weight is 191 g/mol. The van der Waals surface area contributed by atoms with E-state index >= 15 is 0 Å². The molecule has 0 aromatic carbocycles. The Bertz CT molecular complexity index is 429. The molecule has 0 aliphatic rings. The van der Waals surface area contributed by atoms with Crippen molar-refractivity contribution in [3.63, 3.8) is 0 Å². The van der Waals surface area contributed by atoms with Gasteiger partial charge in [-0.2, -0.15) is 0 Å². The molecule has 3 nitrogen and oxygen atoms in total. The van der Waals surface area contributed by atoms with Crippen LogP contribution < -0.4 is 5.73 Å². The largest absolute Gasteiger partial charge is 0.385 e. The maximum Gasteiger partial charge on any atom is 0.139 e. The highest BCUT2D eigenvalue weighted by Crippen LogP contribution is 2.21. The van der Waals surface area contributed by atoms with Crippen LogP contribution in [-0.4, -0.2) is 9.97 Å². The molecule has 0 radical (unpaired) electrons. The second-order valence-corrected chi connectivity index (χ2v) is 3.07. The molecule has 2 rings (SSSR count). The van der Waals surface area contributed by atoms with Crippen LogP contribution in [0, 0.1) is 13.8 Å². The second kappa shape index (κ2) is 4.13. The second-order valence-electron chi connectivity index (χ2n) is 3.07. The van der Waals surface area contributed by atoms with Gasteiger partial charge in [-0.15, -0.1) is 0 Å². The van der Waals surface area contributed by atoms with E-state index in [1.807, 2.05) is 33.9 Å². The number of pyridine rings is 1. The highest BCUT2D eigenvalue weighted by molar-refractivity contribution is 5.85. The number of hydrogen-bond acceptors (Lipinski definition) is 2. The van der Waals surface area contributed by atoms with Crippen LogP contribution in [0.2, 0.25) is 0 Å². The number of nitrogens with zero attached hydrogens (tertiary/aromatic N) is 1. The SMILES string of the molecule is CC.Cc1cnc2[nH]c(N)c(C)c2c1. The molecular formula is C11H17N3. The molecule has 3 N–H and O–H groups in total. The first-order valence-corrected chi connectivity index (χ1v) is 4.89. The van der Waals surface area contributed by atoms with Crippen molar-refractivity contribution in [1.82, 2.24) is 9.97 Å². The van der Waals surface area contributed by atoms with Gasteiger partial charge in [-0.1, -0.05) is 13.8 Å². The summed E-state index contributed by atoms with van der Waals surface area (Å²) in [6.07, 6.45) is 1.83. The smallest absolute Gasteiger partial charge is 0.139 e. The van der Waals surface area contributed by atoms with Gasteiger partial charge in [0, 0.05) is 17.1 Å².